The van der Waals surface area contributed by atoms with Crippen LogP contribution in [0.5, 0.6) is 0 Å². The van der Waals surface area contributed by atoms with Crippen LogP contribution in [0.2, 0.25) is 5.02 Å². The molecule has 7 heteroatoms. The van der Waals surface area contributed by atoms with Gasteiger partial charge in [-0.3, -0.25) is 4.79 Å². The highest BCUT2D eigenvalue weighted by Gasteiger charge is 2.31. The van der Waals surface area contributed by atoms with Crippen molar-refractivity contribution in [2.75, 3.05) is 18.4 Å². The van der Waals surface area contributed by atoms with E-state index in [2.05, 4.69) is 5.32 Å². The van der Waals surface area contributed by atoms with E-state index < -0.39 is 10.0 Å². The second-order valence-electron chi connectivity index (χ2n) is 7.34. The molecule has 1 fully saturated rings. The SMILES string of the molecule is Cc1ccc(NC(=O)C2CCN(S(=O)(=O)Cc3ccc(Cl)cc3)CC2)cc1C. The quantitative estimate of drug-likeness (QED) is 0.790. The lowest BCUT2D eigenvalue weighted by Crippen LogP contribution is -2.41. The Balaban J connectivity index is 1.56. The van der Waals surface area contributed by atoms with Gasteiger partial charge in [-0.1, -0.05) is 29.8 Å². The molecule has 2 aromatic carbocycles. The Kier molecular flexibility index (Phi) is 6.43. The second-order valence-corrected chi connectivity index (χ2v) is 9.75. The summed E-state index contributed by atoms with van der Waals surface area (Å²) in [5, 5.41) is 3.54. The number of carbonyl (C=O) groups is 1. The molecule has 1 amide bonds. The first-order chi connectivity index (χ1) is 13.2. The maximum absolute atomic E-state index is 12.7. The molecule has 0 radical (unpaired) electrons. The Morgan fingerprint density at radius 1 is 1.07 bits per heavy atom. The van der Waals surface area contributed by atoms with Crippen molar-refractivity contribution in [2.45, 2.75) is 32.4 Å². The maximum Gasteiger partial charge on any atom is 0.227 e. The summed E-state index contributed by atoms with van der Waals surface area (Å²) in [6, 6.07) is 12.7. The first-order valence-corrected chi connectivity index (χ1v) is 11.3. The summed E-state index contributed by atoms with van der Waals surface area (Å²) < 4.78 is 26.8. The predicted octanol–water partition coefficient (Wildman–Crippen LogP) is 4.14. The van der Waals surface area contributed by atoms with Gasteiger partial charge in [0, 0.05) is 29.7 Å². The lowest BCUT2D eigenvalue weighted by molar-refractivity contribution is -0.120. The van der Waals surface area contributed by atoms with Crippen LogP contribution in [-0.2, 0) is 20.6 Å². The van der Waals surface area contributed by atoms with Crippen LogP contribution >= 0.6 is 11.6 Å². The van der Waals surface area contributed by atoms with Crippen molar-refractivity contribution in [1.29, 1.82) is 0 Å². The summed E-state index contributed by atoms with van der Waals surface area (Å²) in [6.45, 7) is 4.76. The highest BCUT2D eigenvalue weighted by atomic mass is 35.5. The molecule has 1 saturated heterocycles. The molecule has 0 aromatic heterocycles. The van der Waals surface area contributed by atoms with Crippen molar-refractivity contribution in [3.05, 3.63) is 64.2 Å². The number of amides is 1. The van der Waals surface area contributed by atoms with Crippen LogP contribution in [0.25, 0.3) is 0 Å². The molecule has 0 spiro atoms. The predicted molar refractivity (Wildman–Crippen MR) is 113 cm³/mol. The number of benzene rings is 2. The molecule has 28 heavy (non-hydrogen) atoms. The van der Waals surface area contributed by atoms with Gasteiger partial charge in [-0.2, -0.15) is 0 Å². The molecule has 0 atom stereocenters. The van der Waals surface area contributed by atoms with E-state index in [-0.39, 0.29) is 17.6 Å². The third kappa shape index (κ3) is 5.13. The van der Waals surface area contributed by atoms with Crippen LogP contribution in [0.1, 0.15) is 29.5 Å². The fraction of sp³-hybridized carbons (Fsp3) is 0.381. The standard InChI is InChI=1S/C21H25ClN2O3S/c1-15-3-8-20(13-16(15)2)23-21(25)18-9-11-24(12-10-18)28(26,27)14-17-4-6-19(22)7-5-17/h3-8,13,18H,9-12,14H2,1-2H3,(H,23,25). The number of anilines is 1. The fourth-order valence-corrected chi connectivity index (χ4v) is 5.03. The van der Waals surface area contributed by atoms with E-state index >= 15 is 0 Å². The van der Waals surface area contributed by atoms with Gasteiger partial charge in [0.15, 0.2) is 0 Å². The van der Waals surface area contributed by atoms with Crippen LogP contribution in [-0.4, -0.2) is 31.7 Å². The molecule has 0 unspecified atom stereocenters. The maximum atomic E-state index is 12.7. The van der Waals surface area contributed by atoms with Crippen LogP contribution in [0.3, 0.4) is 0 Å². The summed E-state index contributed by atoms with van der Waals surface area (Å²) in [5.74, 6) is -0.273. The molecular weight excluding hydrogens is 396 g/mol. The van der Waals surface area contributed by atoms with Crippen molar-refractivity contribution in [3.63, 3.8) is 0 Å². The van der Waals surface area contributed by atoms with Crippen molar-refractivity contribution in [3.8, 4) is 0 Å². The lowest BCUT2D eigenvalue weighted by Gasteiger charge is -2.30. The summed E-state index contributed by atoms with van der Waals surface area (Å²) >= 11 is 5.85. The first-order valence-electron chi connectivity index (χ1n) is 9.35. The number of rotatable bonds is 5. The van der Waals surface area contributed by atoms with Crippen LogP contribution in [0.4, 0.5) is 5.69 Å². The number of piperidine rings is 1. The van der Waals surface area contributed by atoms with Crippen LogP contribution < -0.4 is 5.32 Å². The Hall–Kier alpha value is -1.89. The van der Waals surface area contributed by atoms with E-state index in [9.17, 15) is 13.2 Å². The molecule has 2 aromatic rings. The van der Waals surface area contributed by atoms with Gasteiger partial charge in [0.1, 0.15) is 0 Å². The summed E-state index contributed by atoms with van der Waals surface area (Å²) in [6.07, 6.45) is 1.05. The molecule has 150 valence electrons. The average Bonchev–Trinajstić information content (AvgIpc) is 2.66. The topological polar surface area (TPSA) is 66.5 Å². The number of nitrogens with zero attached hydrogens (tertiary/aromatic N) is 1. The van der Waals surface area contributed by atoms with E-state index in [1.165, 1.54) is 9.87 Å². The number of sulfonamides is 1. The molecule has 1 aliphatic heterocycles. The molecule has 0 aliphatic carbocycles. The van der Waals surface area contributed by atoms with E-state index in [0.29, 0.717) is 36.5 Å². The van der Waals surface area contributed by atoms with Gasteiger partial charge in [0.2, 0.25) is 15.9 Å². The Morgan fingerprint density at radius 2 is 1.71 bits per heavy atom. The Labute approximate surface area is 171 Å². The Morgan fingerprint density at radius 3 is 2.32 bits per heavy atom. The van der Waals surface area contributed by atoms with E-state index in [1.54, 1.807) is 24.3 Å². The van der Waals surface area contributed by atoms with E-state index in [1.807, 2.05) is 32.0 Å². The number of nitrogens with one attached hydrogen (secondary N) is 1. The van der Waals surface area contributed by atoms with Crippen molar-refractivity contribution >= 4 is 33.2 Å². The molecule has 1 aliphatic rings. The van der Waals surface area contributed by atoms with Gasteiger partial charge in [-0.25, -0.2) is 12.7 Å². The third-order valence-corrected chi connectivity index (χ3v) is 7.36. The van der Waals surface area contributed by atoms with E-state index in [4.69, 9.17) is 11.6 Å². The molecule has 3 rings (SSSR count). The van der Waals surface area contributed by atoms with Crippen molar-refractivity contribution in [2.24, 2.45) is 5.92 Å². The smallest absolute Gasteiger partial charge is 0.227 e. The zero-order chi connectivity index (χ0) is 20.3. The van der Waals surface area contributed by atoms with Crippen LogP contribution in [0.15, 0.2) is 42.5 Å². The number of carbonyl (C=O) groups excluding carboxylic acids is 1. The van der Waals surface area contributed by atoms with Gasteiger partial charge in [-0.05, 0) is 67.6 Å². The minimum absolute atomic E-state index is 0.0435. The molecule has 0 bridgehead atoms. The van der Waals surface area contributed by atoms with E-state index in [0.717, 1.165) is 11.3 Å². The average molecular weight is 421 g/mol. The van der Waals surface area contributed by atoms with Gasteiger partial charge >= 0.3 is 0 Å². The number of aryl methyl sites for hydroxylation is 2. The number of hydrogen-bond acceptors (Lipinski definition) is 3. The summed E-state index contributed by atoms with van der Waals surface area (Å²) in [5.41, 5.74) is 3.79. The highest BCUT2D eigenvalue weighted by Crippen LogP contribution is 2.24. The largest absolute Gasteiger partial charge is 0.326 e. The molecule has 5 nitrogen and oxygen atoms in total. The minimum atomic E-state index is -3.41. The fourth-order valence-electron chi connectivity index (χ4n) is 3.34. The molecular formula is C21H25ClN2O3S. The van der Waals surface area contributed by atoms with Gasteiger partial charge in [0.25, 0.3) is 0 Å². The minimum Gasteiger partial charge on any atom is -0.326 e. The zero-order valence-electron chi connectivity index (χ0n) is 16.1. The number of halogens is 1. The third-order valence-electron chi connectivity index (χ3n) is 5.25. The second kappa shape index (κ2) is 8.64. The Bertz CT molecular complexity index is 950. The normalized spacial score (nSPS) is 16.1. The highest BCUT2D eigenvalue weighted by molar-refractivity contribution is 7.88. The molecule has 1 heterocycles. The van der Waals surface area contributed by atoms with Crippen molar-refractivity contribution in [1.82, 2.24) is 4.31 Å². The monoisotopic (exact) mass is 420 g/mol. The van der Waals surface area contributed by atoms with Gasteiger partial charge < -0.3 is 5.32 Å². The first kappa shape index (κ1) is 20.8. The summed E-state index contributed by atoms with van der Waals surface area (Å²) in [4.78, 5) is 12.6. The van der Waals surface area contributed by atoms with Gasteiger partial charge in [-0.15, -0.1) is 0 Å². The molecule has 1 N–H and O–H groups in total. The lowest BCUT2D eigenvalue weighted by atomic mass is 9.97. The molecule has 0 saturated carbocycles. The summed E-state index contributed by atoms with van der Waals surface area (Å²) in [7, 11) is -3.41. The van der Waals surface area contributed by atoms with Gasteiger partial charge in [0.05, 0.1) is 5.75 Å². The zero-order valence-corrected chi connectivity index (χ0v) is 17.7. The van der Waals surface area contributed by atoms with Crippen molar-refractivity contribution < 1.29 is 13.2 Å². The number of hydrogen-bond donors (Lipinski definition) is 1. The van der Waals surface area contributed by atoms with Crippen LogP contribution in [0, 0.1) is 19.8 Å².